The molecule has 3 aromatic rings. The predicted molar refractivity (Wildman–Crippen MR) is 97.1 cm³/mol. The van der Waals surface area contributed by atoms with Crippen LogP contribution in [-0.4, -0.2) is 40.1 Å². The number of likely N-dealkylation sites (N-methyl/N-ethyl adjacent to an activating group) is 1. The van der Waals surface area contributed by atoms with Crippen LogP contribution in [0.3, 0.4) is 0 Å². The van der Waals surface area contributed by atoms with Gasteiger partial charge in [-0.1, -0.05) is 12.1 Å². The van der Waals surface area contributed by atoms with Gasteiger partial charge in [-0.2, -0.15) is 0 Å². The second-order valence-electron chi connectivity index (χ2n) is 5.77. The number of carbonyl (C=O) groups is 1. The Morgan fingerprint density at radius 1 is 1.38 bits per heavy atom. The number of aryl methyl sites for hydroxylation is 1. The molecular formula is C17H21N5OS. The van der Waals surface area contributed by atoms with Crippen molar-refractivity contribution in [3.8, 4) is 10.7 Å². The van der Waals surface area contributed by atoms with E-state index >= 15 is 0 Å². The summed E-state index contributed by atoms with van der Waals surface area (Å²) in [5, 5.41) is 6.07. The van der Waals surface area contributed by atoms with Gasteiger partial charge in [0.25, 0.3) is 0 Å². The normalized spacial score (nSPS) is 12.5. The lowest BCUT2D eigenvalue weighted by atomic mass is 10.3. The van der Waals surface area contributed by atoms with Gasteiger partial charge in [-0.3, -0.25) is 4.79 Å². The smallest absolute Gasteiger partial charge is 0.240 e. The lowest BCUT2D eigenvalue weighted by molar-refractivity contribution is -0.121. The Labute approximate surface area is 144 Å². The molecule has 2 aromatic heterocycles. The highest BCUT2D eigenvalue weighted by Gasteiger charge is 2.18. The van der Waals surface area contributed by atoms with Crippen molar-refractivity contribution in [1.82, 2.24) is 25.2 Å². The fourth-order valence-electron chi connectivity index (χ4n) is 2.49. The topological polar surface area (TPSA) is 71.8 Å². The van der Waals surface area contributed by atoms with Gasteiger partial charge in [0, 0.05) is 12.6 Å². The molecule has 6 nitrogen and oxygen atoms in total. The zero-order valence-electron chi connectivity index (χ0n) is 14.0. The van der Waals surface area contributed by atoms with Gasteiger partial charge in [0.1, 0.15) is 6.54 Å². The quantitative estimate of drug-likeness (QED) is 0.720. The molecule has 126 valence electrons. The number of thiazole rings is 1. The van der Waals surface area contributed by atoms with Crippen LogP contribution in [0.4, 0.5) is 0 Å². The molecule has 1 atom stereocenters. The summed E-state index contributed by atoms with van der Waals surface area (Å²) in [6.07, 6.45) is 0. The second kappa shape index (κ2) is 7.11. The standard InChI is InChI=1S/C17H21N5OS/c1-11(18-3)8-19-15(23)9-22-14-7-5-4-6-13(14)21-17(22)16-12(2)20-10-24-16/h4-7,10-11,18H,8-9H2,1-3H3,(H,19,23). The Balaban J connectivity index is 1.94. The summed E-state index contributed by atoms with van der Waals surface area (Å²) in [4.78, 5) is 22.4. The lowest BCUT2D eigenvalue weighted by Gasteiger charge is -2.13. The van der Waals surface area contributed by atoms with E-state index in [1.165, 1.54) is 0 Å². The Morgan fingerprint density at radius 2 is 2.17 bits per heavy atom. The highest BCUT2D eigenvalue weighted by Crippen LogP contribution is 2.29. The minimum Gasteiger partial charge on any atom is -0.353 e. The van der Waals surface area contributed by atoms with E-state index in [9.17, 15) is 4.79 Å². The van der Waals surface area contributed by atoms with Gasteiger partial charge in [0.15, 0.2) is 5.82 Å². The van der Waals surface area contributed by atoms with E-state index in [1.807, 2.05) is 55.2 Å². The molecule has 2 N–H and O–H groups in total. The first-order chi connectivity index (χ1) is 11.6. The van der Waals surface area contributed by atoms with Crippen LogP contribution in [0.1, 0.15) is 12.6 Å². The molecule has 0 radical (unpaired) electrons. The number of fused-ring (bicyclic) bond motifs is 1. The maximum absolute atomic E-state index is 12.4. The van der Waals surface area contributed by atoms with Gasteiger partial charge in [0.2, 0.25) is 5.91 Å². The fourth-order valence-corrected chi connectivity index (χ4v) is 3.29. The molecule has 1 amide bonds. The highest BCUT2D eigenvalue weighted by atomic mass is 32.1. The summed E-state index contributed by atoms with van der Waals surface area (Å²) in [7, 11) is 1.88. The molecule has 0 saturated heterocycles. The maximum atomic E-state index is 12.4. The van der Waals surface area contributed by atoms with Crippen LogP contribution in [0.5, 0.6) is 0 Å². The number of imidazole rings is 1. The molecule has 1 unspecified atom stereocenters. The van der Waals surface area contributed by atoms with E-state index in [-0.39, 0.29) is 18.5 Å². The first-order valence-corrected chi connectivity index (χ1v) is 8.77. The largest absolute Gasteiger partial charge is 0.353 e. The Kier molecular flexibility index (Phi) is 4.92. The Hall–Kier alpha value is -2.25. The molecule has 0 spiro atoms. The summed E-state index contributed by atoms with van der Waals surface area (Å²) >= 11 is 1.54. The van der Waals surface area contributed by atoms with Crippen molar-refractivity contribution in [3.05, 3.63) is 35.5 Å². The fraction of sp³-hybridized carbons (Fsp3) is 0.353. The third kappa shape index (κ3) is 3.32. The van der Waals surface area contributed by atoms with E-state index in [0.717, 1.165) is 27.4 Å². The molecule has 0 fully saturated rings. The molecule has 24 heavy (non-hydrogen) atoms. The van der Waals surface area contributed by atoms with E-state index in [1.54, 1.807) is 11.3 Å². The number of benzene rings is 1. The SMILES string of the molecule is CNC(C)CNC(=O)Cn1c(-c2scnc2C)nc2ccccc21. The molecule has 1 aromatic carbocycles. The van der Waals surface area contributed by atoms with Gasteiger partial charge in [-0.05, 0) is 33.0 Å². The molecule has 0 bridgehead atoms. The first-order valence-electron chi connectivity index (χ1n) is 7.90. The van der Waals surface area contributed by atoms with Crippen LogP contribution < -0.4 is 10.6 Å². The second-order valence-corrected chi connectivity index (χ2v) is 6.63. The van der Waals surface area contributed by atoms with Crippen LogP contribution >= 0.6 is 11.3 Å². The Bertz CT molecular complexity index is 854. The number of hydrogen-bond acceptors (Lipinski definition) is 5. The van der Waals surface area contributed by atoms with Crippen molar-refractivity contribution in [2.24, 2.45) is 0 Å². The minimum absolute atomic E-state index is 0.0244. The number of aromatic nitrogens is 3. The van der Waals surface area contributed by atoms with Gasteiger partial charge >= 0.3 is 0 Å². The van der Waals surface area contributed by atoms with Crippen molar-refractivity contribution in [2.75, 3.05) is 13.6 Å². The summed E-state index contributed by atoms with van der Waals surface area (Å²) in [6, 6.07) is 8.11. The van der Waals surface area contributed by atoms with E-state index in [4.69, 9.17) is 4.98 Å². The van der Waals surface area contributed by atoms with Crippen LogP contribution in [0.25, 0.3) is 21.7 Å². The highest BCUT2D eigenvalue weighted by molar-refractivity contribution is 7.13. The van der Waals surface area contributed by atoms with E-state index in [0.29, 0.717) is 6.54 Å². The summed E-state index contributed by atoms with van der Waals surface area (Å²) in [5.74, 6) is 0.775. The average molecular weight is 343 g/mol. The number of rotatable bonds is 6. The van der Waals surface area contributed by atoms with E-state index < -0.39 is 0 Å². The summed E-state index contributed by atoms with van der Waals surface area (Å²) < 4.78 is 1.97. The van der Waals surface area contributed by atoms with Crippen molar-refractivity contribution in [2.45, 2.75) is 26.4 Å². The van der Waals surface area contributed by atoms with Gasteiger partial charge in [0.05, 0.1) is 27.1 Å². The van der Waals surface area contributed by atoms with Crippen LogP contribution in [0.2, 0.25) is 0 Å². The molecule has 7 heteroatoms. The zero-order chi connectivity index (χ0) is 17.1. The van der Waals surface area contributed by atoms with Crippen molar-refractivity contribution >= 4 is 28.3 Å². The number of nitrogens with one attached hydrogen (secondary N) is 2. The number of amides is 1. The van der Waals surface area contributed by atoms with E-state index in [2.05, 4.69) is 15.6 Å². The van der Waals surface area contributed by atoms with Crippen molar-refractivity contribution in [1.29, 1.82) is 0 Å². The predicted octanol–water partition coefficient (Wildman–Crippen LogP) is 2.19. The number of hydrogen-bond donors (Lipinski definition) is 2. The minimum atomic E-state index is -0.0244. The monoisotopic (exact) mass is 343 g/mol. The molecule has 3 rings (SSSR count). The number of carbonyl (C=O) groups excluding carboxylic acids is 1. The maximum Gasteiger partial charge on any atom is 0.240 e. The molecule has 0 saturated carbocycles. The summed E-state index contributed by atoms with van der Waals surface area (Å²) in [5.41, 5.74) is 4.58. The van der Waals surface area contributed by atoms with Crippen LogP contribution in [0.15, 0.2) is 29.8 Å². The lowest BCUT2D eigenvalue weighted by Crippen LogP contribution is -2.38. The van der Waals surface area contributed by atoms with Crippen LogP contribution in [0, 0.1) is 6.92 Å². The third-order valence-corrected chi connectivity index (χ3v) is 4.93. The van der Waals surface area contributed by atoms with Crippen LogP contribution in [-0.2, 0) is 11.3 Å². The molecule has 0 aliphatic carbocycles. The first kappa shape index (κ1) is 16.6. The van der Waals surface area contributed by atoms with Gasteiger partial charge in [-0.15, -0.1) is 11.3 Å². The number of para-hydroxylation sites is 2. The molecule has 0 aliphatic rings. The third-order valence-electron chi connectivity index (χ3n) is 4.00. The van der Waals surface area contributed by atoms with Crippen molar-refractivity contribution in [3.63, 3.8) is 0 Å². The zero-order valence-corrected chi connectivity index (χ0v) is 14.9. The summed E-state index contributed by atoms with van der Waals surface area (Å²) in [6.45, 7) is 4.82. The molecule has 0 aliphatic heterocycles. The molecule has 2 heterocycles. The number of nitrogens with zero attached hydrogens (tertiary/aromatic N) is 3. The van der Waals surface area contributed by atoms with Crippen molar-refractivity contribution < 1.29 is 4.79 Å². The van der Waals surface area contributed by atoms with Gasteiger partial charge in [-0.25, -0.2) is 9.97 Å². The Morgan fingerprint density at radius 3 is 2.88 bits per heavy atom. The van der Waals surface area contributed by atoms with Gasteiger partial charge < -0.3 is 15.2 Å². The molecular weight excluding hydrogens is 322 g/mol. The average Bonchev–Trinajstić information content (AvgIpc) is 3.16.